The molecule has 0 saturated heterocycles. The Morgan fingerprint density at radius 3 is 2.62 bits per heavy atom. The number of benzene rings is 1. The van der Waals surface area contributed by atoms with E-state index in [9.17, 15) is 0 Å². The highest BCUT2D eigenvalue weighted by Crippen LogP contribution is 2.28. The van der Waals surface area contributed by atoms with Crippen LogP contribution in [0, 0.1) is 0 Å². The van der Waals surface area contributed by atoms with Gasteiger partial charge in [-0.05, 0) is 24.3 Å². The van der Waals surface area contributed by atoms with E-state index in [-0.39, 0.29) is 0 Å². The largest absolute Gasteiger partial charge is 0.275 e. The zero-order valence-corrected chi connectivity index (χ0v) is 12.5. The first-order valence-electron chi connectivity index (χ1n) is 6.18. The molecule has 0 amide bonds. The Labute approximate surface area is 128 Å². The van der Waals surface area contributed by atoms with E-state index in [2.05, 4.69) is 20.4 Å². The lowest BCUT2D eigenvalue weighted by Crippen LogP contribution is -1.90. The monoisotopic (exact) mass is 316 g/mol. The molecule has 4 aromatic rings. The lowest BCUT2D eigenvalue weighted by molar-refractivity contribution is 0.768. The first-order chi connectivity index (χ1) is 10.2. The Bertz CT molecular complexity index is 920. The number of halogens is 1. The van der Waals surface area contributed by atoms with Crippen LogP contribution in [0.4, 0.5) is 0 Å². The molecule has 6 nitrogen and oxygen atoms in total. The number of rotatable bonds is 2. The van der Waals surface area contributed by atoms with Gasteiger partial charge in [-0.15, -0.1) is 10.2 Å². The van der Waals surface area contributed by atoms with Crippen molar-refractivity contribution < 1.29 is 0 Å². The second-order valence-electron chi connectivity index (χ2n) is 4.53. The molecule has 0 aliphatic carbocycles. The van der Waals surface area contributed by atoms with Gasteiger partial charge in [-0.25, -0.2) is 0 Å². The van der Waals surface area contributed by atoms with Crippen molar-refractivity contribution in [1.82, 2.24) is 29.6 Å². The first-order valence-corrected chi connectivity index (χ1v) is 7.37. The molecule has 104 valence electrons. The highest BCUT2D eigenvalue weighted by Gasteiger charge is 2.15. The molecule has 0 unspecified atom stereocenters. The van der Waals surface area contributed by atoms with Gasteiger partial charge in [-0.2, -0.15) is 14.7 Å². The summed E-state index contributed by atoms with van der Waals surface area (Å²) in [6, 6.07) is 7.46. The smallest absolute Gasteiger partial charge is 0.235 e. The van der Waals surface area contributed by atoms with Crippen molar-refractivity contribution >= 4 is 27.9 Å². The van der Waals surface area contributed by atoms with Crippen molar-refractivity contribution in [3.8, 4) is 22.0 Å². The number of aryl methyl sites for hydroxylation is 1. The second-order valence-corrected chi connectivity index (χ2v) is 5.93. The van der Waals surface area contributed by atoms with Crippen LogP contribution in [-0.4, -0.2) is 29.6 Å². The van der Waals surface area contributed by atoms with Gasteiger partial charge >= 0.3 is 0 Å². The summed E-state index contributed by atoms with van der Waals surface area (Å²) in [5.74, 6) is 0.702. The van der Waals surface area contributed by atoms with E-state index in [0.29, 0.717) is 10.8 Å². The Hall–Kier alpha value is -2.25. The number of hydrogen-bond acceptors (Lipinski definition) is 5. The highest BCUT2D eigenvalue weighted by atomic mass is 35.5. The molecular formula is C13H9ClN6S. The minimum atomic E-state index is 0.689. The van der Waals surface area contributed by atoms with Crippen LogP contribution in [0.3, 0.4) is 0 Å². The van der Waals surface area contributed by atoms with Crippen LogP contribution in [-0.2, 0) is 7.05 Å². The van der Waals surface area contributed by atoms with Crippen LogP contribution < -0.4 is 0 Å². The van der Waals surface area contributed by atoms with Gasteiger partial charge in [0.2, 0.25) is 4.96 Å². The van der Waals surface area contributed by atoms with Crippen molar-refractivity contribution in [2.75, 3.05) is 0 Å². The molecule has 0 atom stereocenters. The van der Waals surface area contributed by atoms with Gasteiger partial charge < -0.3 is 0 Å². The summed E-state index contributed by atoms with van der Waals surface area (Å²) < 4.78 is 3.49. The number of fused-ring (bicyclic) bond motifs is 1. The predicted octanol–water partition coefficient (Wildman–Crippen LogP) is 2.91. The summed E-state index contributed by atoms with van der Waals surface area (Å²) in [4.78, 5) is 0.749. The Morgan fingerprint density at radius 1 is 1.10 bits per heavy atom. The van der Waals surface area contributed by atoms with Crippen LogP contribution in [0.1, 0.15) is 0 Å². The molecule has 0 radical (unpaired) electrons. The van der Waals surface area contributed by atoms with Crippen molar-refractivity contribution in [2.45, 2.75) is 0 Å². The molecule has 0 spiro atoms. The molecule has 0 fully saturated rings. The molecule has 1 aromatic carbocycles. The highest BCUT2D eigenvalue weighted by molar-refractivity contribution is 7.19. The molecule has 8 heteroatoms. The van der Waals surface area contributed by atoms with E-state index in [1.165, 1.54) is 11.3 Å². The normalized spacial score (nSPS) is 11.3. The maximum absolute atomic E-state index is 5.91. The fourth-order valence-electron chi connectivity index (χ4n) is 2.04. The van der Waals surface area contributed by atoms with Gasteiger partial charge in [-0.1, -0.05) is 22.9 Å². The van der Waals surface area contributed by atoms with Gasteiger partial charge in [0, 0.05) is 23.8 Å². The molecular weight excluding hydrogens is 308 g/mol. The predicted molar refractivity (Wildman–Crippen MR) is 81.3 cm³/mol. The number of aromatic nitrogens is 6. The Kier molecular flexibility index (Phi) is 2.76. The zero-order valence-electron chi connectivity index (χ0n) is 10.9. The lowest BCUT2D eigenvalue weighted by atomic mass is 10.2. The average Bonchev–Trinajstić information content (AvgIpc) is 3.14. The van der Waals surface area contributed by atoms with E-state index in [1.807, 2.05) is 37.5 Å². The van der Waals surface area contributed by atoms with Crippen LogP contribution in [0.15, 0.2) is 36.7 Å². The third-order valence-electron chi connectivity index (χ3n) is 3.05. The summed E-state index contributed by atoms with van der Waals surface area (Å²) in [7, 11) is 1.88. The van der Waals surface area contributed by atoms with Gasteiger partial charge in [-0.3, -0.25) is 4.68 Å². The van der Waals surface area contributed by atoms with Gasteiger partial charge in [0.25, 0.3) is 0 Å². The fraction of sp³-hybridized carbons (Fsp3) is 0.0769. The quantitative estimate of drug-likeness (QED) is 0.570. The Morgan fingerprint density at radius 2 is 1.90 bits per heavy atom. The van der Waals surface area contributed by atoms with E-state index in [1.54, 1.807) is 15.4 Å². The van der Waals surface area contributed by atoms with Crippen molar-refractivity contribution in [3.63, 3.8) is 0 Å². The van der Waals surface area contributed by atoms with E-state index < -0.39 is 0 Å². The average molecular weight is 317 g/mol. The van der Waals surface area contributed by atoms with Gasteiger partial charge in [0.1, 0.15) is 0 Å². The fourth-order valence-corrected chi connectivity index (χ4v) is 2.98. The molecule has 0 aliphatic heterocycles. The van der Waals surface area contributed by atoms with E-state index in [0.717, 1.165) is 21.1 Å². The topological polar surface area (TPSA) is 60.9 Å². The second kappa shape index (κ2) is 4.64. The standard InChI is InChI=1S/C13H9ClN6S/c1-19-7-9(6-15-19)12-18-20-11(16-17-13(20)21-12)8-2-4-10(14)5-3-8/h2-7H,1H3. The molecule has 3 heterocycles. The van der Waals surface area contributed by atoms with Gasteiger partial charge in [0.15, 0.2) is 10.8 Å². The molecule has 21 heavy (non-hydrogen) atoms. The molecule has 3 aromatic heterocycles. The summed E-state index contributed by atoms with van der Waals surface area (Å²) in [5.41, 5.74) is 1.89. The maximum Gasteiger partial charge on any atom is 0.235 e. The summed E-state index contributed by atoms with van der Waals surface area (Å²) >= 11 is 7.39. The number of hydrogen-bond donors (Lipinski definition) is 0. The lowest BCUT2D eigenvalue weighted by Gasteiger charge is -1.96. The number of nitrogens with zero attached hydrogens (tertiary/aromatic N) is 6. The minimum Gasteiger partial charge on any atom is -0.275 e. The van der Waals surface area contributed by atoms with Crippen molar-refractivity contribution in [3.05, 3.63) is 41.7 Å². The summed E-state index contributed by atoms with van der Waals surface area (Å²) in [6.45, 7) is 0. The van der Waals surface area contributed by atoms with E-state index >= 15 is 0 Å². The van der Waals surface area contributed by atoms with Gasteiger partial charge in [0.05, 0.1) is 11.8 Å². The Balaban J connectivity index is 1.84. The van der Waals surface area contributed by atoms with Crippen LogP contribution in [0.25, 0.3) is 26.9 Å². The molecule has 0 bridgehead atoms. The molecule has 0 N–H and O–H groups in total. The molecule has 0 aliphatic rings. The van der Waals surface area contributed by atoms with Crippen LogP contribution in [0.5, 0.6) is 0 Å². The van der Waals surface area contributed by atoms with Crippen LogP contribution in [0.2, 0.25) is 5.02 Å². The summed E-state index contributed by atoms with van der Waals surface area (Å²) in [5, 5.41) is 18.7. The van der Waals surface area contributed by atoms with Crippen LogP contribution >= 0.6 is 22.9 Å². The summed E-state index contributed by atoms with van der Waals surface area (Å²) in [6.07, 6.45) is 3.71. The van der Waals surface area contributed by atoms with Crippen molar-refractivity contribution in [1.29, 1.82) is 0 Å². The third kappa shape index (κ3) is 2.10. The molecule has 0 saturated carbocycles. The first kappa shape index (κ1) is 12.5. The van der Waals surface area contributed by atoms with E-state index in [4.69, 9.17) is 11.6 Å². The molecule has 4 rings (SSSR count). The zero-order chi connectivity index (χ0) is 14.4. The maximum atomic E-state index is 5.91. The minimum absolute atomic E-state index is 0.689. The third-order valence-corrected chi connectivity index (χ3v) is 4.24. The van der Waals surface area contributed by atoms with Crippen molar-refractivity contribution in [2.24, 2.45) is 7.05 Å². The SMILES string of the molecule is Cn1cc(-c2nn3c(-c4ccc(Cl)cc4)nnc3s2)cn1.